The molecule has 0 aliphatic carbocycles. The van der Waals surface area contributed by atoms with Crippen molar-refractivity contribution in [3.63, 3.8) is 0 Å². The van der Waals surface area contributed by atoms with Crippen molar-refractivity contribution in [3.8, 4) is 17.0 Å². The van der Waals surface area contributed by atoms with E-state index in [0.717, 1.165) is 43.6 Å². The summed E-state index contributed by atoms with van der Waals surface area (Å²) < 4.78 is 10.7. The summed E-state index contributed by atoms with van der Waals surface area (Å²) in [5.74, 6) is 0.981. The predicted octanol–water partition coefficient (Wildman–Crippen LogP) is 6.22. The molecule has 0 N–H and O–H groups in total. The van der Waals surface area contributed by atoms with Gasteiger partial charge in [-0.05, 0) is 60.1 Å². The van der Waals surface area contributed by atoms with E-state index < -0.39 is 0 Å². The van der Waals surface area contributed by atoms with Gasteiger partial charge in [0, 0.05) is 16.9 Å². The smallest absolute Gasteiger partial charge is 0.241 e. The van der Waals surface area contributed by atoms with Crippen LogP contribution < -0.4 is 9.64 Å². The molecule has 8 heteroatoms. The van der Waals surface area contributed by atoms with E-state index in [4.69, 9.17) is 4.74 Å². The molecule has 1 amide bonds. The van der Waals surface area contributed by atoms with Crippen molar-refractivity contribution in [3.05, 3.63) is 91.3 Å². The first kappa shape index (κ1) is 22.1. The van der Waals surface area contributed by atoms with Crippen LogP contribution >= 0.6 is 23.3 Å². The van der Waals surface area contributed by atoms with Crippen molar-refractivity contribution in [2.45, 2.75) is 5.03 Å². The molecule has 0 saturated carbocycles. The molecule has 0 saturated heterocycles. The molecular formula is C26H20N4O2S2. The number of carbonyl (C=O) groups excluding carboxylic acids is 1. The monoisotopic (exact) mass is 484 g/mol. The van der Waals surface area contributed by atoms with E-state index in [1.54, 1.807) is 12.0 Å². The van der Waals surface area contributed by atoms with E-state index in [1.165, 1.54) is 29.6 Å². The molecule has 0 aliphatic heterocycles. The zero-order chi connectivity index (χ0) is 23.3. The first-order valence-corrected chi connectivity index (χ1v) is 12.3. The SMILES string of the molecule is COc1ccc(-c2nsc3c(SCC(=O)N(c4ccccc4)c4ccccc4)ncnc23)cc1. The van der Waals surface area contributed by atoms with Crippen molar-refractivity contribution in [1.82, 2.24) is 14.3 Å². The fraction of sp³-hybridized carbons (Fsp3) is 0.0769. The third-order valence-electron chi connectivity index (χ3n) is 5.20. The van der Waals surface area contributed by atoms with Crippen molar-refractivity contribution < 1.29 is 9.53 Å². The zero-order valence-corrected chi connectivity index (χ0v) is 19.9. The van der Waals surface area contributed by atoms with Crippen molar-refractivity contribution >= 4 is 50.8 Å². The third kappa shape index (κ3) is 4.50. The van der Waals surface area contributed by atoms with Crippen LogP contribution in [0, 0.1) is 0 Å². The maximum Gasteiger partial charge on any atom is 0.241 e. The molecule has 2 aromatic heterocycles. The second-order valence-corrected chi connectivity index (χ2v) is 9.04. The number of fused-ring (bicyclic) bond motifs is 1. The summed E-state index contributed by atoms with van der Waals surface area (Å²) in [5.41, 5.74) is 4.19. The molecule has 0 spiro atoms. The molecule has 5 rings (SSSR count). The normalized spacial score (nSPS) is 10.9. The van der Waals surface area contributed by atoms with Gasteiger partial charge in [-0.3, -0.25) is 9.69 Å². The molecule has 0 atom stereocenters. The van der Waals surface area contributed by atoms with Crippen molar-refractivity contribution in [1.29, 1.82) is 0 Å². The van der Waals surface area contributed by atoms with Gasteiger partial charge in [0.1, 0.15) is 33.0 Å². The molecular weight excluding hydrogens is 464 g/mol. The van der Waals surface area contributed by atoms with Crippen LogP contribution in [0.25, 0.3) is 21.5 Å². The van der Waals surface area contributed by atoms with Crippen LogP contribution in [0.4, 0.5) is 11.4 Å². The first-order chi connectivity index (χ1) is 16.7. The van der Waals surface area contributed by atoms with Crippen LogP contribution in [0.5, 0.6) is 5.75 Å². The van der Waals surface area contributed by atoms with Crippen molar-refractivity contribution in [2.24, 2.45) is 0 Å². The molecule has 5 aromatic rings. The largest absolute Gasteiger partial charge is 0.497 e. The van der Waals surface area contributed by atoms with Gasteiger partial charge in [-0.1, -0.05) is 48.2 Å². The number of nitrogens with zero attached hydrogens (tertiary/aromatic N) is 4. The number of hydrogen-bond acceptors (Lipinski definition) is 7. The number of ether oxygens (including phenoxy) is 1. The highest BCUT2D eigenvalue weighted by atomic mass is 32.2. The molecule has 0 radical (unpaired) electrons. The molecule has 0 aliphatic rings. The van der Waals surface area contributed by atoms with E-state index >= 15 is 0 Å². The standard InChI is InChI=1S/C26H20N4O2S2/c1-32-21-14-12-18(13-15-21)23-24-25(34-29-23)26(28-17-27-24)33-16-22(31)30(19-8-4-2-5-9-19)20-10-6-3-7-11-20/h2-15,17H,16H2,1H3. The molecule has 34 heavy (non-hydrogen) atoms. The van der Waals surface area contributed by atoms with Gasteiger partial charge in [-0.2, -0.15) is 4.37 Å². The van der Waals surface area contributed by atoms with E-state index in [-0.39, 0.29) is 11.7 Å². The molecule has 2 heterocycles. The van der Waals surface area contributed by atoms with Crippen LogP contribution in [0.3, 0.4) is 0 Å². The minimum atomic E-state index is -0.0333. The quantitative estimate of drug-likeness (QED) is 0.202. The van der Waals surface area contributed by atoms with Crippen LogP contribution in [-0.4, -0.2) is 33.1 Å². The second kappa shape index (κ2) is 10.0. The number of thioether (sulfide) groups is 1. The van der Waals surface area contributed by atoms with Gasteiger partial charge in [-0.15, -0.1) is 0 Å². The molecule has 3 aromatic carbocycles. The molecule has 6 nitrogen and oxygen atoms in total. The predicted molar refractivity (Wildman–Crippen MR) is 138 cm³/mol. The number of benzene rings is 3. The highest BCUT2D eigenvalue weighted by molar-refractivity contribution is 8.00. The fourth-order valence-electron chi connectivity index (χ4n) is 3.57. The molecule has 0 fully saturated rings. The molecule has 0 unspecified atom stereocenters. The van der Waals surface area contributed by atoms with Gasteiger partial charge in [0.2, 0.25) is 5.91 Å². The Kier molecular flexibility index (Phi) is 6.51. The minimum absolute atomic E-state index is 0.0333. The number of rotatable bonds is 7. The van der Waals surface area contributed by atoms with Gasteiger partial charge >= 0.3 is 0 Å². The topological polar surface area (TPSA) is 68.2 Å². The van der Waals surface area contributed by atoms with Crippen LogP contribution in [-0.2, 0) is 4.79 Å². The van der Waals surface area contributed by atoms with E-state index in [2.05, 4.69) is 14.3 Å². The molecule has 0 bridgehead atoms. The Morgan fingerprint density at radius 1 is 0.912 bits per heavy atom. The lowest BCUT2D eigenvalue weighted by Crippen LogP contribution is -2.27. The Bertz CT molecular complexity index is 1370. The molecule has 168 valence electrons. The summed E-state index contributed by atoms with van der Waals surface area (Å²) >= 11 is 2.74. The van der Waals surface area contributed by atoms with Gasteiger partial charge in [0.05, 0.1) is 12.9 Å². The Morgan fingerprint density at radius 3 is 2.18 bits per heavy atom. The second-order valence-electron chi connectivity index (χ2n) is 7.31. The lowest BCUT2D eigenvalue weighted by Gasteiger charge is -2.22. The summed E-state index contributed by atoms with van der Waals surface area (Å²) in [6, 6.07) is 27.0. The number of para-hydroxylation sites is 2. The van der Waals surface area contributed by atoms with Gasteiger partial charge in [-0.25, -0.2) is 9.97 Å². The van der Waals surface area contributed by atoms with Gasteiger partial charge < -0.3 is 4.74 Å². The first-order valence-electron chi connectivity index (χ1n) is 10.6. The minimum Gasteiger partial charge on any atom is -0.497 e. The number of anilines is 2. The number of carbonyl (C=O) groups is 1. The number of methoxy groups -OCH3 is 1. The number of hydrogen-bond donors (Lipinski definition) is 0. The fourth-order valence-corrected chi connectivity index (χ4v) is 5.34. The summed E-state index contributed by atoms with van der Waals surface area (Å²) in [6.07, 6.45) is 1.53. The third-order valence-corrected chi connectivity index (χ3v) is 7.14. The summed E-state index contributed by atoms with van der Waals surface area (Å²) in [4.78, 5) is 24.0. The Hall–Kier alpha value is -3.75. The van der Waals surface area contributed by atoms with Crippen LogP contribution in [0.1, 0.15) is 0 Å². The maximum absolute atomic E-state index is 13.4. The van der Waals surface area contributed by atoms with Crippen LogP contribution in [0.2, 0.25) is 0 Å². The lowest BCUT2D eigenvalue weighted by atomic mass is 10.1. The Labute approximate surface area is 205 Å². The lowest BCUT2D eigenvalue weighted by molar-refractivity contribution is -0.115. The van der Waals surface area contributed by atoms with Gasteiger partial charge in [0.15, 0.2) is 0 Å². The van der Waals surface area contributed by atoms with Crippen molar-refractivity contribution in [2.75, 3.05) is 17.8 Å². The number of aromatic nitrogens is 3. The summed E-state index contributed by atoms with van der Waals surface area (Å²) in [7, 11) is 1.64. The highest BCUT2D eigenvalue weighted by Crippen LogP contribution is 2.35. The van der Waals surface area contributed by atoms with E-state index in [0.29, 0.717) is 0 Å². The average Bonchev–Trinajstić information content (AvgIpc) is 3.34. The number of amides is 1. The van der Waals surface area contributed by atoms with E-state index in [9.17, 15) is 4.79 Å². The Morgan fingerprint density at radius 2 is 1.56 bits per heavy atom. The average molecular weight is 485 g/mol. The Balaban J connectivity index is 1.41. The highest BCUT2D eigenvalue weighted by Gasteiger charge is 2.20. The maximum atomic E-state index is 13.4. The van der Waals surface area contributed by atoms with Gasteiger partial charge in [0.25, 0.3) is 0 Å². The zero-order valence-electron chi connectivity index (χ0n) is 18.3. The van der Waals surface area contributed by atoms with E-state index in [1.807, 2.05) is 84.9 Å². The summed E-state index contributed by atoms with van der Waals surface area (Å²) in [5, 5.41) is 0.747. The van der Waals surface area contributed by atoms with Crippen LogP contribution in [0.15, 0.2) is 96.3 Å². The summed E-state index contributed by atoms with van der Waals surface area (Å²) in [6.45, 7) is 0.